The SMILES string of the molecule is Cc1c(C(=O)O)c(=O)[nH]c2ccnn12. The summed E-state index contributed by atoms with van der Waals surface area (Å²) in [5, 5.41) is 12.7. The van der Waals surface area contributed by atoms with E-state index >= 15 is 0 Å². The first-order valence-corrected chi connectivity index (χ1v) is 3.91. The second-order valence-electron chi connectivity index (χ2n) is 2.85. The van der Waals surface area contributed by atoms with Crippen LogP contribution in [-0.2, 0) is 0 Å². The first kappa shape index (κ1) is 8.49. The van der Waals surface area contributed by atoms with E-state index in [2.05, 4.69) is 10.1 Å². The average molecular weight is 193 g/mol. The summed E-state index contributed by atoms with van der Waals surface area (Å²) < 4.78 is 1.38. The third-order valence-electron chi connectivity index (χ3n) is 2.00. The minimum atomic E-state index is -1.25. The molecular weight excluding hydrogens is 186 g/mol. The smallest absolute Gasteiger partial charge is 0.343 e. The van der Waals surface area contributed by atoms with Gasteiger partial charge in [-0.3, -0.25) is 4.79 Å². The lowest BCUT2D eigenvalue weighted by Gasteiger charge is -2.01. The zero-order chi connectivity index (χ0) is 10.3. The summed E-state index contributed by atoms with van der Waals surface area (Å²) in [6.07, 6.45) is 1.49. The van der Waals surface area contributed by atoms with Gasteiger partial charge in [-0.2, -0.15) is 5.10 Å². The van der Waals surface area contributed by atoms with Crippen LogP contribution in [-0.4, -0.2) is 25.7 Å². The Bertz CT molecular complexity index is 567. The fourth-order valence-electron chi connectivity index (χ4n) is 1.37. The molecule has 0 atom stereocenters. The second kappa shape index (κ2) is 2.69. The van der Waals surface area contributed by atoms with Gasteiger partial charge in [0.2, 0.25) is 0 Å². The van der Waals surface area contributed by atoms with Crippen molar-refractivity contribution < 1.29 is 9.90 Å². The second-order valence-corrected chi connectivity index (χ2v) is 2.85. The lowest BCUT2D eigenvalue weighted by atomic mass is 10.2. The van der Waals surface area contributed by atoms with Crippen LogP contribution in [0.2, 0.25) is 0 Å². The van der Waals surface area contributed by atoms with Crippen molar-refractivity contribution in [3.8, 4) is 0 Å². The Morgan fingerprint density at radius 3 is 3.00 bits per heavy atom. The van der Waals surface area contributed by atoms with E-state index in [4.69, 9.17) is 5.11 Å². The predicted molar refractivity (Wildman–Crippen MR) is 47.5 cm³/mol. The molecule has 2 aromatic heterocycles. The minimum Gasteiger partial charge on any atom is -0.477 e. The van der Waals surface area contributed by atoms with Gasteiger partial charge < -0.3 is 10.1 Å². The lowest BCUT2D eigenvalue weighted by molar-refractivity contribution is 0.0693. The van der Waals surface area contributed by atoms with Crippen molar-refractivity contribution in [2.24, 2.45) is 0 Å². The van der Waals surface area contributed by atoms with E-state index in [9.17, 15) is 9.59 Å². The highest BCUT2D eigenvalue weighted by Crippen LogP contribution is 2.04. The zero-order valence-corrected chi connectivity index (χ0v) is 7.31. The molecule has 14 heavy (non-hydrogen) atoms. The number of aromatic carboxylic acids is 1. The number of carboxylic acid groups (broad SMARTS) is 1. The van der Waals surface area contributed by atoms with Crippen molar-refractivity contribution in [3.05, 3.63) is 33.9 Å². The van der Waals surface area contributed by atoms with Crippen molar-refractivity contribution in [3.63, 3.8) is 0 Å². The molecule has 72 valence electrons. The molecule has 2 N–H and O–H groups in total. The largest absolute Gasteiger partial charge is 0.477 e. The van der Waals surface area contributed by atoms with Crippen LogP contribution in [0.25, 0.3) is 5.65 Å². The number of hydrogen-bond donors (Lipinski definition) is 2. The van der Waals surface area contributed by atoms with E-state index in [0.29, 0.717) is 11.3 Å². The summed E-state index contributed by atoms with van der Waals surface area (Å²) in [6, 6.07) is 1.60. The molecule has 0 amide bonds. The number of fused-ring (bicyclic) bond motifs is 1. The van der Waals surface area contributed by atoms with Gasteiger partial charge in [-0.05, 0) is 6.92 Å². The monoisotopic (exact) mass is 193 g/mol. The van der Waals surface area contributed by atoms with Crippen molar-refractivity contribution >= 4 is 11.6 Å². The lowest BCUT2D eigenvalue weighted by Crippen LogP contribution is -2.22. The highest BCUT2D eigenvalue weighted by molar-refractivity contribution is 5.88. The summed E-state index contributed by atoms with van der Waals surface area (Å²) in [5.41, 5.74) is -0.0806. The molecule has 6 heteroatoms. The topological polar surface area (TPSA) is 87.5 Å². The van der Waals surface area contributed by atoms with Crippen LogP contribution >= 0.6 is 0 Å². The van der Waals surface area contributed by atoms with Crippen LogP contribution in [0.15, 0.2) is 17.1 Å². The van der Waals surface area contributed by atoms with Gasteiger partial charge in [-0.1, -0.05) is 0 Å². The van der Waals surface area contributed by atoms with Gasteiger partial charge in [0, 0.05) is 6.07 Å². The number of H-pyrrole nitrogens is 1. The number of aryl methyl sites for hydroxylation is 1. The maximum atomic E-state index is 11.3. The summed E-state index contributed by atoms with van der Waals surface area (Å²) in [6.45, 7) is 1.54. The maximum Gasteiger partial charge on any atom is 0.343 e. The summed E-state index contributed by atoms with van der Waals surface area (Å²) in [5.74, 6) is -1.25. The standard InChI is InChI=1S/C8H7N3O3/c1-4-6(8(13)14)7(12)10-5-2-3-9-11(4)5/h2-3H,1H3,(H,10,12)(H,13,14). The number of rotatable bonds is 1. The number of carbonyl (C=O) groups is 1. The van der Waals surface area contributed by atoms with Crippen molar-refractivity contribution in [1.82, 2.24) is 14.6 Å². The molecule has 2 aromatic rings. The normalized spacial score (nSPS) is 10.6. The highest BCUT2D eigenvalue weighted by Gasteiger charge is 2.15. The van der Waals surface area contributed by atoms with E-state index in [1.807, 2.05) is 0 Å². The molecule has 6 nitrogen and oxygen atoms in total. The van der Waals surface area contributed by atoms with E-state index in [-0.39, 0.29) is 5.56 Å². The molecule has 0 aliphatic carbocycles. The van der Waals surface area contributed by atoms with Crippen molar-refractivity contribution in [1.29, 1.82) is 0 Å². The van der Waals surface area contributed by atoms with Gasteiger partial charge in [0.05, 0.1) is 11.9 Å². The van der Waals surface area contributed by atoms with Gasteiger partial charge in [0.25, 0.3) is 5.56 Å². The fraction of sp³-hybridized carbons (Fsp3) is 0.125. The van der Waals surface area contributed by atoms with Crippen molar-refractivity contribution in [2.45, 2.75) is 6.92 Å². The minimum absolute atomic E-state index is 0.277. The number of hydrogen-bond acceptors (Lipinski definition) is 3. The number of nitrogens with one attached hydrogen (secondary N) is 1. The number of nitrogens with zero attached hydrogens (tertiary/aromatic N) is 2. The Morgan fingerprint density at radius 2 is 2.36 bits per heavy atom. The molecular formula is C8H7N3O3. The van der Waals surface area contributed by atoms with Crippen LogP contribution in [0.1, 0.15) is 16.1 Å². The molecule has 0 fully saturated rings. The average Bonchev–Trinajstić information content (AvgIpc) is 2.50. The molecule has 0 unspecified atom stereocenters. The third kappa shape index (κ3) is 1.00. The molecule has 0 saturated carbocycles. The zero-order valence-electron chi connectivity index (χ0n) is 7.31. The van der Waals surface area contributed by atoms with Gasteiger partial charge in [-0.25, -0.2) is 9.31 Å². The molecule has 0 aliphatic heterocycles. The Kier molecular flexibility index (Phi) is 1.63. The first-order valence-electron chi connectivity index (χ1n) is 3.91. The summed E-state index contributed by atoms with van der Waals surface area (Å²) in [4.78, 5) is 24.5. The molecule has 0 spiro atoms. The number of aromatic nitrogens is 3. The Hall–Kier alpha value is -2.11. The molecule has 0 bridgehead atoms. The third-order valence-corrected chi connectivity index (χ3v) is 2.00. The van der Waals surface area contributed by atoms with Crippen LogP contribution in [0.5, 0.6) is 0 Å². The molecule has 2 heterocycles. The van der Waals surface area contributed by atoms with Crippen LogP contribution in [0, 0.1) is 6.92 Å². The van der Waals surface area contributed by atoms with Crippen LogP contribution in [0.4, 0.5) is 0 Å². The predicted octanol–water partition coefficient (Wildman–Crippen LogP) is 0.0292. The molecule has 0 aromatic carbocycles. The summed E-state index contributed by atoms with van der Waals surface area (Å²) in [7, 11) is 0. The van der Waals surface area contributed by atoms with E-state index in [1.165, 1.54) is 10.7 Å². The van der Waals surface area contributed by atoms with Crippen LogP contribution in [0.3, 0.4) is 0 Å². The van der Waals surface area contributed by atoms with Crippen LogP contribution < -0.4 is 5.56 Å². The maximum absolute atomic E-state index is 11.3. The Morgan fingerprint density at radius 1 is 1.64 bits per heavy atom. The quantitative estimate of drug-likeness (QED) is 0.668. The van der Waals surface area contributed by atoms with Gasteiger partial charge in [0.15, 0.2) is 0 Å². The molecule has 0 saturated heterocycles. The molecule has 2 rings (SSSR count). The van der Waals surface area contributed by atoms with Crippen molar-refractivity contribution in [2.75, 3.05) is 0 Å². The van der Waals surface area contributed by atoms with E-state index in [0.717, 1.165) is 0 Å². The van der Waals surface area contributed by atoms with E-state index < -0.39 is 11.5 Å². The van der Waals surface area contributed by atoms with Gasteiger partial charge in [-0.15, -0.1) is 0 Å². The Labute approximate surface area is 77.8 Å². The summed E-state index contributed by atoms with van der Waals surface area (Å²) >= 11 is 0. The first-order chi connectivity index (χ1) is 6.61. The van der Waals surface area contributed by atoms with E-state index in [1.54, 1.807) is 13.0 Å². The molecule has 0 aliphatic rings. The Balaban J connectivity index is 2.96. The number of aromatic amines is 1. The number of carboxylic acids is 1. The van der Waals surface area contributed by atoms with Gasteiger partial charge >= 0.3 is 5.97 Å². The fourth-order valence-corrected chi connectivity index (χ4v) is 1.37. The highest BCUT2D eigenvalue weighted by atomic mass is 16.4. The van der Waals surface area contributed by atoms with Gasteiger partial charge in [0.1, 0.15) is 11.2 Å². The molecule has 0 radical (unpaired) electrons.